The number of hydrogen-bond donors (Lipinski definition) is 12. The van der Waals surface area contributed by atoms with Gasteiger partial charge >= 0.3 is 35.9 Å². The number of hydrogen-bond acceptors (Lipinski definition) is 15. The van der Waals surface area contributed by atoms with Crippen LogP contribution in [0.4, 0.5) is 4.79 Å². The number of benzene rings is 2. The van der Waals surface area contributed by atoms with Crippen molar-refractivity contribution in [1.82, 2.24) is 46.2 Å². The highest BCUT2D eigenvalue weighted by atomic mass is 16.5. The topological polar surface area (TPSA) is 368 Å². The number of amides is 5. The van der Waals surface area contributed by atoms with Crippen molar-refractivity contribution in [2.24, 2.45) is 11.8 Å². The molecule has 25 nitrogen and oxygen atoms in total. The summed E-state index contributed by atoms with van der Waals surface area (Å²) in [6.45, 7) is 1.76. The molecule has 2 aromatic rings. The molecule has 1 aliphatic heterocycles. The Morgan fingerprint density at radius 1 is 0.541 bits per heavy atom. The van der Waals surface area contributed by atoms with Crippen LogP contribution in [0.3, 0.4) is 0 Å². The van der Waals surface area contributed by atoms with Crippen LogP contribution < -0.4 is 26.6 Å². The van der Waals surface area contributed by atoms with Crippen LogP contribution in [-0.2, 0) is 44.8 Å². The number of carboxylic acid groups (broad SMARTS) is 5. The molecule has 0 aromatic heterocycles. The number of aliphatic hydroxyl groups excluding tert-OH is 1. The quantitative estimate of drug-likeness (QED) is 0.0371. The summed E-state index contributed by atoms with van der Waals surface area (Å²) < 4.78 is 0. The molecule has 3 unspecified atom stereocenters. The van der Waals surface area contributed by atoms with Crippen LogP contribution in [0.5, 0.6) is 0 Å². The monoisotopic (exact) mass is 1040 g/mol. The van der Waals surface area contributed by atoms with Crippen LogP contribution in [0, 0.1) is 11.8 Å². The summed E-state index contributed by atoms with van der Waals surface area (Å²) in [4.78, 5) is 118. The number of carbonyl (C=O) groups excluding carboxylic acids is 4. The van der Waals surface area contributed by atoms with Crippen molar-refractivity contribution in [3.63, 3.8) is 0 Å². The number of urea groups is 1. The first-order chi connectivity index (χ1) is 35.2. The maximum atomic E-state index is 13.8. The predicted molar refractivity (Wildman–Crippen MR) is 266 cm³/mol. The number of aliphatic hydroxyl groups is 2. The molecule has 74 heavy (non-hydrogen) atoms. The van der Waals surface area contributed by atoms with Crippen LogP contribution in [-0.4, -0.2) is 225 Å². The van der Waals surface area contributed by atoms with Crippen molar-refractivity contribution < 1.29 is 78.9 Å². The average molecular weight is 1040 g/mol. The van der Waals surface area contributed by atoms with E-state index in [1.807, 2.05) is 47.4 Å². The van der Waals surface area contributed by atoms with Gasteiger partial charge < -0.3 is 62.3 Å². The van der Waals surface area contributed by atoms with Gasteiger partial charge in [-0.05, 0) is 73.6 Å². The average Bonchev–Trinajstić information content (AvgIpc) is 3.34. The molecule has 5 amide bonds. The molecule has 1 saturated carbocycles. The van der Waals surface area contributed by atoms with Crippen LogP contribution >= 0.6 is 0 Å². The number of unbranched alkanes of at least 4 members (excludes halogenated alkanes) is 1. The van der Waals surface area contributed by atoms with Gasteiger partial charge in [0.2, 0.25) is 17.7 Å². The summed E-state index contributed by atoms with van der Waals surface area (Å²) >= 11 is 0. The lowest BCUT2D eigenvalue weighted by Crippen LogP contribution is -2.51. The minimum absolute atomic E-state index is 0.0263. The van der Waals surface area contributed by atoms with Crippen molar-refractivity contribution in [2.75, 3.05) is 91.6 Å². The van der Waals surface area contributed by atoms with E-state index in [4.69, 9.17) is 10.2 Å². The maximum Gasteiger partial charge on any atom is 0.326 e. The van der Waals surface area contributed by atoms with Gasteiger partial charge in [0.05, 0.1) is 26.2 Å². The van der Waals surface area contributed by atoms with E-state index in [0.29, 0.717) is 51.7 Å². The van der Waals surface area contributed by atoms with Gasteiger partial charge in [0.1, 0.15) is 18.1 Å². The molecule has 25 heteroatoms. The number of nitrogens with zero attached hydrogens (tertiary/aromatic N) is 4. The van der Waals surface area contributed by atoms with Crippen LogP contribution in [0.2, 0.25) is 0 Å². The molecule has 1 aliphatic carbocycles. The predicted octanol–water partition coefficient (Wildman–Crippen LogP) is -1.15. The summed E-state index contributed by atoms with van der Waals surface area (Å²) in [5.74, 6) is -7.32. The third-order valence-electron chi connectivity index (χ3n) is 13.2. The Morgan fingerprint density at radius 3 is 1.54 bits per heavy atom. The minimum atomic E-state index is -1.79. The molecular weight excluding hydrogens is 971 g/mol. The first-order valence-electron chi connectivity index (χ1n) is 25.0. The standard InChI is InChI=1S/C49H73N9O16/c59-40(28-55-17-19-56(29-42(62)63)21-23-58(31-44(66)67)24-22-57(20-18-55)30-43(64)65)51-27-32-8-12-35(13-9-32)45(68)52-39(26-33-10-11-34-5-1-2-6-36(34)25-33)46(69)50-16-4-3-7-37(47(70)71)53-49(74)54-38(48(72)73)14-15-41(60)61/h1-2,5-6,10-11,25,32,35,37-39,41,60-61H,3-4,7-9,12-24,26-31H2,(H,50,69)(H,51,59)(H,52,68)(H,62,63)(H,64,65)(H,66,67)(H,70,71)(H,72,73)(H2,53,54,74). The van der Waals surface area contributed by atoms with Gasteiger partial charge in [0, 0.05) is 84.2 Å². The fourth-order valence-corrected chi connectivity index (χ4v) is 9.03. The van der Waals surface area contributed by atoms with Gasteiger partial charge in [0.15, 0.2) is 6.29 Å². The number of nitrogens with one attached hydrogen (secondary N) is 5. The highest BCUT2D eigenvalue weighted by molar-refractivity contribution is 5.89. The highest BCUT2D eigenvalue weighted by Gasteiger charge is 2.31. The van der Waals surface area contributed by atoms with Crippen LogP contribution in [0.15, 0.2) is 42.5 Å². The molecule has 1 saturated heterocycles. The van der Waals surface area contributed by atoms with Gasteiger partial charge in [-0.15, -0.1) is 0 Å². The van der Waals surface area contributed by atoms with E-state index >= 15 is 0 Å². The van der Waals surface area contributed by atoms with E-state index < -0.39 is 72.1 Å². The number of fused-ring (bicyclic) bond motifs is 1. The van der Waals surface area contributed by atoms with E-state index in [1.165, 1.54) is 0 Å². The zero-order valence-electron chi connectivity index (χ0n) is 41.6. The summed E-state index contributed by atoms with van der Waals surface area (Å²) in [7, 11) is 0. The third-order valence-corrected chi connectivity index (χ3v) is 13.2. The zero-order chi connectivity index (χ0) is 54.2. The molecule has 2 aromatic carbocycles. The molecule has 410 valence electrons. The number of rotatable bonds is 27. The van der Waals surface area contributed by atoms with Crippen molar-refractivity contribution in [3.8, 4) is 0 Å². The zero-order valence-corrected chi connectivity index (χ0v) is 41.6. The second kappa shape index (κ2) is 31.3. The van der Waals surface area contributed by atoms with Gasteiger partial charge in [-0.1, -0.05) is 42.5 Å². The summed E-state index contributed by atoms with van der Waals surface area (Å²) in [6, 6.07) is 8.58. The normalized spacial score (nSPS) is 18.9. The van der Waals surface area contributed by atoms with Crippen molar-refractivity contribution >= 4 is 64.4 Å². The molecule has 0 spiro atoms. The fraction of sp³-hybridized carbons (Fsp3) is 0.612. The van der Waals surface area contributed by atoms with E-state index in [0.717, 1.165) is 16.3 Å². The van der Waals surface area contributed by atoms with Crippen LogP contribution in [0.25, 0.3) is 10.8 Å². The molecule has 2 aliphatic rings. The Morgan fingerprint density at radius 2 is 1.04 bits per heavy atom. The van der Waals surface area contributed by atoms with Crippen molar-refractivity contribution in [1.29, 1.82) is 0 Å². The molecule has 0 radical (unpaired) electrons. The van der Waals surface area contributed by atoms with Crippen molar-refractivity contribution in [2.45, 2.75) is 88.6 Å². The summed E-state index contributed by atoms with van der Waals surface area (Å²) in [6.07, 6.45) is 0.471. The third kappa shape index (κ3) is 22.7. The maximum absolute atomic E-state index is 13.8. The highest BCUT2D eigenvalue weighted by Crippen LogP contribution is 2.29. The molecular formula is C49H73N9O16. The minimum Gasteiger partial charge on any atom is -0.480 e. The fourth-order valence-electron chi connectivity index (χ4n) is 9.03. The first kappa shape index (κ1) is 60.0. The van der Waals surface area contributed by atoms with Gasteiger partial charge in [-0.3, -0.25) is 48.4 Å². The number of carboxylic acids is 5. The number of aliphatic carboxylic acids is 5. The van der Waals surface area contributed by atoms with E-state index in [-0.39, 0.29) is 122 Å². The Hall–Kier alpha value is -6.51. The van der Waals surface area contributed by atoms with Gasteiger partial charge in [-0.25, -0.2) is 14.4 Å². The Labute approximate surface area is 428 Å². The van der Waals surface area contributed by atoms with Gasteiger partial charge in [0.25, 0.3) is 0 Å². The molecule has 3 atom stereocenters. The lowest BCUT2D eigenvalue weighted by Gasteiger charge is -2.33. The molecule has 1 heterocycles. The smallest absolute Gasteiger partial charge is 0.326 e. The second-order valence-corrected chi connectivity index (χ2v) is 19.0. The van der Waals surface area contributed by atoms with Crippen LogP contribution in [0.1, 0.15) is 63.4 Å². The summed E-state index contributed by atoms with van der Waals surface area (Å²) in [5, 5.41) is 80.7. The molecule has 4 rings (SSSR count). The molecule has 0 bridgehead atoms. The Kier molecular flexibility index (Phi) is 25.4. The second-order valence-electron chi connectivity index (χ2n) is 19.0. The Bertz CT molecular complexity index is 2180. The number of carbonyl (C=O) groups is 9. The SMILES string of the molecule is O=C(O)CN1CCN(CC(=O)O)CCN(CC(=O)NCC2CCC(C(=O)NC(Cc3ccc4ccccc4c3)C(=O)NCCCCC(NC(=O)NC(CCC(O)O)C(=O)O)C(=O)O)CC2)CCN(CC(=O)O)CC1. The summed E-state index contributed by atoms with van der Waals surface area (Å²) in [5.41, 5.74) is 0.808. The van der Waals surface area contributed by atoms with Gasteiger partial charge in [-0.2, -0.15) is 0 Å². The lowest BCUT2D eigenvalue weighted by atomic mass is 9.81. The van der Waals surface area contributed by atoms with E-state index in [9.17, 15) is 68.7 Å². The van der Waals surface area contributed by atoms with E-state index in [1.54, 1.807) is 14.7 Å². The Balaban J connectivity index is 1.30. The van der Waals surface area contributed by atoms with E-state index in [2.05, 4.69) is 26.6 Å². The molecule has 12 N–H and O–H groups in total. The first-order valence-corrected chi connectivity index (χ1v) is 25.0. The van der Waals surface area contributed by atoms with Crippen molar-refractivity contribution in [3.05, 3.63) is 48.0 Å². The molecule has 2 fully saturated rings. The lowest BCUT2D eigenvalue weighted by molar-refractivity contribution is -0.140. The largest absolute Gasteiger partial charge is 0.480 e.